The molecule has 6 nitrogen and oxygen atoms in total. The second-order valence-electron chi connectivity index (χ2n) is 4.96. The monoisotopic (exact) mass is 360 g/mol. The molecule has 1 amide bonds. The summed E-state index contributed by atoms with van der Waals surface area (Å²) in [6.45, 7) is 1.63. The van der Waals surface area contributed by atoms with Crippen molar-refractivity contribution in [3.63, 3.8) is 0 Å². The van der Waals surface area contributed by atoms with Crippen molar-refractivity contribution in [1.29, 1.82) is 0 Å². The van der Waals surface area contributed by atoms with Gasteiger partial charge in [0.1, 0.15) is 0 Å². The number of carbonyl (C=O) groups is 1. The van der Waals surface area contributed by atoms with Crippen LogP contribution in [0.5, 0.6) is 0 Å². The fraction of sp³-hybridized carbons (Fsp3) is 0.467. The van der Waals surface area contributed by atoms with E-state index >= 15 is 0 Å². The summed E-state index contributed by atoms with van der Waals surface area (Å²) < 4.78 is 4.99. The van der Waals surface area contributed by atoms with Crippen LogP contribution in [0.1, 0.15) is 5.56 Å². The van der Waals surface area contributed by atoms with Crippen LogP contribution >= 0.6 is 23.2 Å². The number of amides is 1. The molecule has 2 N–H and O–H groups in total. The van der Waals surface area contributed by atoms with Gasteiger partial charge in [-0.15, -0.1) is 0 Å². The summed E-state index contributed by atoms with van der Waals surface area (Å²) in [5.74, 6) is 0.471. The average molecular weight is 361 g/mol. The number of nitrogens with one attached hydrogen (secondary N) is 2. The number of hydrogen-bond donors (Lipinski definition) is 2. The zero-order valence-corrected chi connectivity index (χ0v) is 15.0. The molecule has 0 heterocycles. The van der Waals surface area contributed by atoms with Gasteiger partial charge in [0.2, 0.25) is 5.91 Å². The Hall–Kier alpha value is -1.50. The minimum absolute atomic E-state index is 0.0456. The third-order valence-corrected chi connectivity index (χ3v) is 3.51. The Bertz CT molecular complexity index is 550. The van der Waals surface area contributed by atoms with E-state index in [-0.39, 0.29) is 12.5 Å². The zero-order chi connectivity index (χ0) is 17.2. The molecule has 0 radical (unpaired) electrons. The number of methoxy groups -OCH3 is 1. The first-order valence-corrected chi connectivity index (χ1v) is 7.85. The molecule has 1 aromatic carbocycles. The molecule has 0 aliphatic carbocycles. The predicted molar refractivity (Wildman–Crippen MR) is 94.2 cm³/mol. The molecule has 0 saturated heterocycles. The zero-order valence-electron chi connectivity index (χ0n) is 13.5. The number of rotatable bonds is 7. The molecule has 0 atom stereocenters. The van der Waals surface area contributed by atoms with Gasteiger partial charge in [0.15, 0.2) is 5.96 Å². The lowest BCUT2D eigenvalue weighted by atomic mass is 10.2. The van der Waals surface area contributed by atoms with E-state index < -0.39 is 0 Å². The lowest BCUT2D eigenvalue weighted by Crippen LogP contribution is -2.43. The van der Waals surface area contributed by atoms with Gasteiger partial charge in [-0.1, -0.05) is 29.3 Å². The minimum atomic E-state index is -0.0456. The fourth-order valence-corrected chi connectivity index (χ4v) is 2.05. The predicted octanol–water partition coefficient (Wildman–Crippen LogP) is 1.76. The summed E-state index contributed by atoms with van der Waals surface area (Å²) >= 11 is 12.0. The summed E-state index contributed by atoms with van der Waals surface area (Å²) in [6, 6.07) is 5.26. The number of benzene rings is 1. The van der Waals surface area contributed by atoms with Crippen molar-refractivity contribution in [2.45, 2.75) is 6.54 Å². The maximum absolute atomic E-state index is 11.7. The van der Waals surface area contributed by atoms with Crippen molar-refractivity contribution in [2.24, 2.45) is 4.99 Å². The molecule has 0 aliphatic heterocycles. The van der Waals surface area contributed by atoms with Gasteiger partial charge in [-0.2, -0.15) is 0 Å². The maximum atomic E-state index is 11.7. The van der Waals surface area contributed by atoms with Crippen LogP contribution in [0.15, 0.2) is 23.2 Å². The first-order valence-electron chi connectivity index (χ1n) is 7.09. The van der Waals surface area contributed by atoms with Gasteiger partial charge < -0.3 is 20.3 Å². The van der Waals surface area contributed by atoms with Crippen LogP contribution in [0, 0.1) is 0 Å². The Morgan fingerprint density at radius 1 is 1.30 bits per heavy atom. The number of halogens is 2. The molecule has 0 aliphatic rings. The molecule has 8 heteroatoms. The highest BCUT2D eigenvalue weighted by atomic mass is 35.5. The van der Waals surface area contributed by atoms with Gasteiger partial charge in [-0.3, -0.25) is 4.79 Å². The van der Waals surface area contributed by atoms with Gasteiger partial charge >= 0.3 is 0 Å². The highest BCUT2D eigenvalue weighted by molar-refractivity contribution is 6.35. The Kier molecular flexibility index (Phi) is 8.76. The lowest BCUT2D eigenvalue weighted by Gasteiger charge is -2.15. The Balaban J connectivity index is 2.70. The van der Waals surface area contributed by atoms with Crippen molar-refractivity contribution in [3.05, 3.63) is 33.8 Å². The fourth-order valence-electron chi connectivity index (χ4n) is 1.58. The average Bonchev–Trinajstić information content (AvgIpc) is 2.50. The first kappa shape index (κ1) is 19.5. The van der Waals surface area contributed by atoms with Crippen LogP contribution in [0.25, 0.3) is 0 Å². The Morgan fingerprint density at radius 2 is 2.04 bits per heavy atom. The van der Waals surface area contributed by atoms with Crippen LogP contribution in [-0.4, -0.2) is 57.7 Å². The van der Waals surface area contributed by atoms with E-state index in [1.165, 1.54) is 4.90 Å². The number of carbonyl (C=O) groups excluding carboxylic acids is 1. The molecule has 0 unspecified atom stereocenters. The van der Waals surface area contributed by atoms with Crippen LogP contribution in [-0.2, 0) is 16.1 Å². The van der Waals surface area contributed by atoms with E-state index in [1.54, 1.807) is 33.3 Å². The third kappa shape index (κ3) is 7.54. The number of likely N-dealkylation sites (N-methyl/N-ethyl adjacent to an activating group) is 1. The van der Waals surface area contributed by atoms with Gasteiger partial charge in [0, 0.05) is 37.8 Å². The van der Waals surface area contributed by atoms with Crippen molar-refractivity contribution in [1.82, 2.24) is 15.5 Å². The van der Waals surface area contributed by atoms with Gasteiger partial charge in [0.25, 0.3) is 0 Å². The van der Waals surface area contributed by atoms with Crippen LogP contribution in [0.2, 0.25) is 10.0 Å². The quantitative estimate of drug-likeness (QED) is 0.441. The summed E-state index contributed by atoms with van der Waals surface area (Å²) in [5.41, 5.74) is 0.850. The summed E-state index contributed by atoms with van der Waals surface area (Å²) in [7, 11) is 5.02. The lowest BCUT2D eigenvalue weighted by molar-refractivity contribution is -0.127. The molecule has 23 heavy (non-hydrogen) atoms. The van der Waals surface area contributed by atoms with Gasteiger partial charge in [-0.25, -0.2) is 4.99 Å². The van der Waals surface area contributed by atoms with Crippen LogP contribution in [0.4, 0.5) is 0 Å². The highest BCUT2D eigenvalue weighted by Gasteiger charge is 2.06. The molecule has 1 rings (SSSR count). The molecule has 0 spiro atoms. The van der Waals surface area contributed by atoms with E-state index in [0.29, 0.717) is 35.7 Å². The van der Waals surface area contributed by atoms with E-state index in [9.17, 15) is 4.79 Å². The Morgan fingerprint density at radius 3 is 2.65 bits per heavy atom. The molecule has 0 aromatic heterocycles. The second-order valence-corrected chi connectivity index (χ2v) is 5.81. The summed E-state index contributed by atoms with van der Waals surface area (Å²) in [5, 5.41) is 7.21. The number of hydrogen-bond acceptors (Lipinski definition) is 3. The van der Waals surface area contributed by atoms with E-state index in [0.717, 1.165) is 5.56 Å². The van der Waals surface area contributed by atoms with Crippen molar-refractivity contribution in [2.75, 3.05) is 40.9 Å². The van der Waals surface area contributed by atoms with Gasteiger partial charge in [-0.05, 0) is 17.7 Å². The van der Waals surface area contributed by atoms with E-state index in [2.05, 4.69) is 15.6 Å². The largest absolute Gasteiger partial charge is 0.383 e. The second kappa shape index (κ2) is 10.3. The standard InChI is InChI=1S/C15H22Cl2N4O2/c1-21(2)14(22)10-20-15(18-6-7-23-3)19-9-11-4-5-12(16)8-13(11)17/h4-5,8H,6-7,9-10H2,1-3H3,(H2,18,19,20). The first-order chi connectivity index (χ1) is 10.9. The highest BCUT2D eigenvalue weighted by Crippen LogP contribution is 2.21. The normalized spacial score (nSPS) is 11.3. The molecular weight excluding hydrogens is 339 g/mol. The maximum Gasteiger partial charge on any atom is 0.241 e. The molecule has 128 valence electrons. The number of nitrogens with zero attached hydrogens (tertiary/aromatic N) is 2. The topological polar surface area (TPSA) is 66.0 Å². The molecular formula is C15H22Cl2N4O2. The molecule has 0 bridgehead atoms. The number of guanidine groups is 1. The van der Waals surface area contributed by atoms with E-state index in [4.69, 9.17) is 27.9 Å². The smallest absolute Gasteiger partial charge is 0.241 e. The van der Waals surface area contributed by atoms with Crippen molar-refractivity contribution < 1.29 is 9.53 Å². The summed E-state index contributed by atoms with van der Waals surface area (Å²) in [4.78, 5) is 17.6. The van der Waals surface area contributed by atoms with Crippen LogP contribution in [0.3, 0.4) is 0 Å². The van der Waals surface area contributed by atoms with Gasteiger partial charge in [0.05, 0.1) is 19.7 Å². The number of aliphatic imine (C=N–C) groups is 1. The SMILES string of the molecule is COCCNC(=NCc1ccc(Cl)cc1Cl)NCC(=O)N(C)C. The van der Waals surface area contributed by atoms with Crippen LogP contribution < -0.4 is 10.6 Å². The molecule has 0 fully saturated rings. The van der Waals surface area contributed by atoms with E-state index in [1.807, 2.05) is 6.07 Å². The van der Waals surface area contributed by atoms with Crippen molar-refractivity contribution >= 4 is 35.1 Å². The number of ether oxygens (including phenoxy) is 1. The molecule has 0 saturated carbocycles. The summed E-state index contributed by atoms with van der Waals surface area (Å²) in [6.07, 6.45) is 0. The third-order valence-electron chi connectivity index (χ3n) is 2.93. The molecule has 1 aromatic rings. The minimum Gasteiger partial charge on any atom is -0.383 e. The van der Waals surface area contributed by atoms with Crippen molar-refractivity contribution in [3.8, 4) is 0 Å². The Labute approximate surface area is 146 Å².